The minimum absolute atomic E-state index is 0.0358. The molecule has 0 spiro atoms. The first-order chi connectivity index (χ1) is 7.08. The number of unbranched alkanes of at least 4 members (excludes halogenated alkanes) is 2. The van der Waals surface area contributed by atoms with Crippen LogP contribution in [0, 0.1) is 0 Å². The van der Waals surface area contributed by atoms with Gasteiger partial charge in [0.2, 0.25) is 5.91 Å². The van der Waals surface area contributed by atoms with Crippen molar-refractivity contribution in [1.82, 2.24) is 5.32 Å². The third-order valence-corrected chi connectivity index (χ3v) is 3.75. The predicted molar refractivity (Wildman–Crippen MR) is 63.1 cm³/mol. The van der Waals surface area contributed by atoms with Crippen LogP contribution in [0.2, 0.25) is 0 Å². The average Bonchev–Trinajstić information content (AvgIpc) is 2.95. The van der Waals surface area contributed by atoms with Gasteiger partial charge >= 0.3 is 0 Å². The van der Waals surface area contributed by atoms with E-state index in [1.54, 1.807) is 0 Å². The molecule has 0 bridgehead atoms. The van der Waals surface area contributed by atoms with Crippen LogP contribution >= 0.6 is 15.9 Å². The topological polar surface area (TPSA) is 46.2 Å². The Morgan fingerprint density at radius 3 is 2.53 bits per heavy atom. The van der Waals surface area contributed by atoms with Crippen LogP contribution in [-0.2, 0) is 9.59 Å². The monoisotopic (exact) mass is 275 g/mol. The van der Waals surface area contributed by atoms with E-state index in [1.165, 1.54) is 0 Å². The van der Waals surface area contributed by atoms with Crippen molar-refractivity contribution in [2.24, 2.45) is 0 Å². The number of hydrogen-bond donors (Lipinski definition) is 1. The van der Waals surface area contributed by atoms with Gasteiger partial charge in [0.25, 0.3) is 0 Å². The van der Waals surface area contributed by atoms with Crippen LogP contribution in [0.3, 0.4) is 0 Å². The number of ketones is 1. The molecule has 4 heteroatoms. The number of carbonyl (C=O) groups excluding carboxylic acids is 2. The SMILES string of the molecule is CCCCCC(=O)CNC(=O)C1(Br)CC1. The lowest BCUT2D eigenvalue weighted by Crippen LogP contribution is -2.36. The summed E-state index contributed by atoms with van der Waals surface area (Å²) < 4.78 is -0.350. The summed E-state index contributed by atoms with van der Waals surface area (Å²) in [6, 6.07) is 0. The van der Waals surface area contributed by atoms with Gasteiger partial charge in [0.05, 0.1) is 6.54 Å². The summed E-state index contributed by atoms with van der Waals surface area (Å²) >= 11 is 3.35. The fraction of sp³-hybridized carbons (Fsp3) is 0.818. The van der Waals surface area contributed by atoms with Gasteiger partial charge in [0.15, 0.2) is 5.78 Å². The molecule has 0 aliphatic heterocycles. The molecule has 0 radical (unpaired) electrons. The molecule has 1 amide bonds. The van der Waals surface area contributed by atoms with Gasteiger partial charge in [-0.1, -0.05) is 35.7 Å². The van der Waals surface area contributed by atoms with Gasteiger partial charge in [-0.25, -0.2) is 0 Å². The van der Waals surface area contributed by atoms with Crippen LogP contribution in [0.25, 0.3) is 0 Å². The first kappa shape index (κ1) is 12.7. The van der Waals surface area contributed by atoms with E-state index in [4.69, 9.17) is 0 Å². The third-order valence-electron chi connectivity index (χ3n) is 2.60. The van der Waals surface area contributed by atoms with Crippen molar-refractivity contribution in [3.8, 4) is 0 Å². The van der Waals surface area contributed by atoms with Gasteiger partial charge in [-0.3, -0.25) is 9.59 Å². The average molecular weight is 276 g/mol. The lowest BCUT2D eigenvalue weighted by Gasteiger charge is -2.07. The van der Waals surface area contributed by atoms with Gasteiger partial charge in [-0.05, 0) is 19.3 Å². The lowest BCUT2D eigenvalue weighted by molar-refractivity contribution is -0.125. The maximum absolute atomic E-state index is 11.5. The van der Waals surface area contributed by atoms with Crippen molar-refractivity contribution < 1.29 is 9.59 Å². The van der Waals surface area contributed by atoms with Crippen LogP contribution in [-0.4, -0.2) is 22.6 Å². The Kier molecular flexibility index (Phi) is 4.77. The number of nitrogens with one attached hydrogen (secondary N) is 1. The van der Waals surface area contributed by atoms with E-state index in [-0.39, 0.29) is 22.6 Å². The molecule has 1 saturated carbocycles. The van der Waals surface area contributed by atoms with Crippen LogP contribution in [0.1, 0.15) is 45.4 Å². The van der Waals surface area contributed by atoms with E-state index in [0.29, 0.717) is 6.42 Å². The minimum Gasteiger partial charge on any atom is -0.348 e. The second-order valence-electron chi connectivity index (χ2n) is 4.14. The van der Waals surface area contributed by atoms with Gasteiger partial charge in [-0.15, -0.1) is 0 Å². The molecule has 1 aliphatic carbocycles. The summed E-state index contributed by atoms with van der Waals surface area (Å²) in [5.74, 6) is 0.0971. The smallest absolute Gasteiger partial charge is 0.237 e. The first-order valence-corrected chi connectivity index (χ1v) is 6.37. The molecule has 1 aliphatic rings. The Hall–Kier alpha value is -0.380. The fourth-order valence-electron chi connectivity index (χ4n) is 1.33. The van der Waals surface area contributed by atoms with Crippen molar-refractivity contribution in [2.45, 2.75) is 49.8 Å². The molecule has 0 heterocycles. The molecular weight excluding hydrogens is 258 g/mol. The predicted octanol–water partition coefficient (Wildman–Crippen LogP) is 2.18. The molecule has 0 unspecified atom stereocenters. The number of amides is 1. The van der Waals surface area contributed by atoms with E-state index in [9.17, 15) is 9.59 Å². The largest absolute Gasteiger partial charge is 0.348 e. The normalized spacial score (nSPS) is 17.2. The highest BCUT2D eigenvalue weighted by Gasteiger charge is 2.47. The second-order valence-corrected chi connectivity index (χ2v) is 5.66. The zero-order valence-electron chi connectivity index (χ0n) is 9.14. The molecule has 0 aromatic heterocycles. The highest BCUT2D eigenvalue weighted by Crippen LogP contribution is 2.44. The summed E-state index contributed by atoms with van der Waals surface area (Å²) in [4.78, 5) is 22.8. The third kappa shape index (κ3) is 4.33. The molecule has 15 heavy (non-hydrogen) atoms. The zero-order chi connectivity index (χ0) is 11.3. The van der Waals surface area contributed by atoms with Crippen molar-refractivity contribution >= 4 is 27.6 Å². The number of halogens is 1. The van der Waals surface area contributed by atoms with Crippen LogP contribution in [0.5, 0.6) is 0 Å². The fourth-order valence-corrected chi connectivity index (χ4v) is 1.67. The number of rotatable bonds is 7. The van der Waals surface area contributed by atoms with Crippen LogP contribution in [0.15, 0.2) is 0 Å². The number of Topliss-reactive ketones (excluding diaryl/α,β-unsaturated/α-hetero) is 1. The van der Waals surface area contributed by atoms with Crippen LogP contribution in [0.4, 0.5) is 0 Å². The second kappa shape index (κ2) is 5.64. The highest BCUT2D eigenvalue weighted by atomic mass is 79.9. The molecular formula is C11H18BrNO2. The molecule has 1 fully saturated rings. The van der Waals surface area contributed by atoms with Gasteiger partial charge < -0.3 is 5.32 Å². The summed E-state index contributed by atoms with van der Waals surface area (Å²) in [6.45, 7) is 2.30. The van der Waals surface area contributed by atoms with E-state index in [2.05, 4.69) is 28.2 Å². The Labute approximate surface area is 99.1 Å². The Morgan fingerprint density at radius 1 is 1.33 bits per heavy atom. The molecule has 1 rings (SSSR count). The van der Waals surface area contributed by atoms with Crippen LogP contribution < -0.4 is 5.32 Å². The van der Waals surface area contributed by atoms with Gasteiger partial charge in [0.1, 0.15) is 4.32 Å². The van der Waals surface area contributed by atoms with E-state index in [0.717, 1.165) is 32.1 Å². The molecule has 0 atom stereocenters. The van der Waals surface area contributed by atoms with E-state index >= 15 is 0 Å². The quantitative estimate of drug-likeness (QED) is 0.572. The number of carbonyl (C=O) groups is 2. The zero-order valence-corrected chi connectivity index (χ0v) is 10.7. The number of hydrogen-bond acceptors (Lipinski definition) is 2. The summed E-state index contributed by atoms with van der Waals surface area (Å²) in [7, 11) is 0. The van der Waals surface area contributed by atoms with Crippen molar-refractivity contribution in [1.29, 1.82) is 0 Å². The summed E-state index contributed by atoms with van der Waals surface area (Å²) in [5.41, 5.74) is 0. The molecule has 0 saturated heterocycles. The number of alkyl halides is 1. The van der Waals surface area contributed by atoms with Crippen molar-refractivity contribution in [3.05, 3.63) is 0 Å². The maximum Gasteiger partial charge on any atom is 0.237 e. The lowest BCUT2D eigenvalue weighted by atomic mass is 10.1. The molecule has 86 valence electrons. The Bertz CT molecular complexity index is 249. The van der Waals surface area contributed by atoms with E-state index < -0.39 is 0 Å². The molecule has 0 aromatic rings. The van der Waals surface area contributed by atoms with Gasteiger partial charge in [-0.2, -0.15) is 0 Å². The standard InChI is InChI=1S/C11H18BrNO2/c1-2-3-4-5-9(14)8-13-10(15)11(12)6-7-11/h2-8H2,1H3,(H,13,15). The Morgan fingerprint density at radius 2 is 2.00 bits per heavy atom. The summed E-state index contributed by atoms with van der Waals surface area (Å²) in [5, 5.41) is 2.68. The molecule has 1 N–H and O–H groups in total. The Balaban J connectivity index is 2.08. The maximum atomic E-state index is 11.5. The minimum atomic E-state index is -0.350. The summed E-state index contributed by atoms with van der Waals surface area (Å²) in [6.07, 6.45) is 5.48. The molecule has 3 nitrogen and oxygen atoms in total. The van der Waals surface area contributed by atoms with Crippen molar-refractivity contribution in [3.63, 3.8) is 0 Å². The first-order valence-electron chi connectivity index (χ1n) is 5.57. The van der Waals surface area contributed by atoms with Crippen molar-refractivity contribution in [2.75, 3.05) is 6.54 Å². The van der Waals surface area contributed by atoms with Gasteiger partial charge in [0, 0.05) is 6.42 Å². The van der Waals surface area contributed by atoms with E-state index in [1.807, 2.05) is 0 Å². The highest BCUT2D eigenvalue weighted by molar-refractivity contribution is 9.10. The molecule has 0 aromatic carbocycles.